The zero-order valence-corrected chi connectivity index (χ0v) is 8.36. The molecule has 7 heteroatoms. The van der Waals surface area contributed by atoms with Crippen LogP contribution in [0.15, 0.2) is 0 Å². The Labute approximate surface area is 86.4 Å². The molecule has 86 valence electrons. The van der Waals surface area contributed by atoms with Crippen LogP contribution >= 0.6 is 0 Å². The van der Waals surface area contributed by atoms with Gasteiger partial charge in [0.2, 0.25) is 11.8 Å². The average Bonchev–Trinajstić information content (AvgIpc) is 2.01. The number of hydrogen-bond donors (Lipinski definition) is 3. The van der Waals surface area contributed by atoms with Gasteiger partial charge in [0.25, 0.3) is 0 Å². The summed E-state index contributed by atoms with van der Waals surface area (Å²) in [4.78, 5) is 39.5. The Kier molecular flexibility index (Phi) is 8.98. The molecule has 5 N–H and O–H groups in total. The number of primary amides is 2. The van der Waals surface area contributed by atoms with Gasteiger partial charge >= 0.3 is 5.97 Å². The zero-order valence-electron chi connectivity index (χ0n) is 8.36. The van der Waals surface area contributed by atoms with Crippen molar-refractivity contribution in [3.8, 4) is 0 Å². The lowest BCUT2D eigenvalue weighted by Crippen LogP contribution is -2.21. The largest absolute Gasteiger partial charge is 0.481 e. The van der Waals surface area contributed by atoms with Crippen molar-refractivity contribution in [3.05, 3.63) is 0 Å². The van der Waals surface area contributed by atoms with Crippen LogP contribution in [0.4, 0.5) is 0 Å². The molecule has 0 aliphatic carbocycles. The molecule has 0 unspecified atom stereocenters. The van der Waals surface area contributed by atoms with E-state index in [0.717, 1.165) is 0 Å². The molecule has 2 amide bonds. The van der Waals surface area contributed by atoms with Gasteiger partial charge in [0.1, 0.15) is 18.6 Å². The molecule has 0 aromatic rings. The van der Waals surface area contributed by atoms with E-state index in [2.05, 4.69) is 11.5 Å². The van der Waals surface area contributed by atoms with Gasteiger partial charge < -0.3 is 16.6 Å². The van der Waals surface area contributed by atoms with Crippen LogP contribution in [0.2, 0.25) is 0 Å². The van der Waals surface area contributed by atoms with Gasteiger partial charge in [0, 0.05) is 6.42 Å². The Morgan fingerprint density at radius 1 is 1.00 bits per heavy atom. The number of aliphatic carboxylic acids is 1. The number of ketones is 1. The first-order valence-electron chi connectivity index (χ1n) is 4.09. The highest BCUT2D eigenvalue weighted by molar-refractivity contribution is 5.95. The van der Waals surface area contributed by atoms with E-state index in [1.807, 2.05) is 0 Å². The summed E-state index contributed by atoms with van der Waals surface area (Å²) in [5.74, 6) is -2.64. The molecule has 0 radical (unpaired) electrons. The van der Waals surface area contributed by atoms with Crippen molar-refractivity contribution >= 4 is 23.6 Å². The minimum atomic E-state index is -1.04. The van der Waals surface area contributed by atoms with Gasteiger partial charge in [-0.25, -0.2) is 0 Å². The molecule has 0 aliphatic heterocycles. The second-order valence-corrected chi connectivity index (χ2v) is 2.57. The molecule has 0 atom stereocenters. The highest BCUT2D eigenvalue weighted by atomic mass is 16.4. The minimum Gasteiger partial charge on any atom is -0.481 e. The standard InChI is InChI=1S/C5H8O3.C3H6N2O2/c1-2-4(6)3-5(7)8;4-2(6)1-3(5)7/h2-3H2,1H3,(H,7,8);1H2,(H2,4,6)(H2,5,7). The molecule has 0 aliphatic rings. The van der Waals surface area contributed by atoms with E-state index in [9.17, 15) is 19.2 Å². The van der Waals surface area contributed by atoms with E-state index in [4.69, 9.17) is 5.11 Å². The summed E-state index contributed by atoms with van der Waals surface area (Å²) in [5, 5.41) is 7.99. The average molecular weight is 218 g/mol. The van der Waals surface area contributed by atoms with Crippen molar-refractivity contribution in [3.63, 3.8) is 0 Å². The predicted molar refractivity (Wildman–Crippen MR) is 50.6 cm³/mol. The molecule has 7 nitrogen and oxygen atoms in total. The zero-order chi connectivity index (χ0) is 12.4. The van der Waals surface area contributed by atoms with E-state index in [1.165, 1.54) is 0 Å². The first kappa shape index (κ1) is 15.5. The number of amides is 2. The van der Waals surface area contributed by atoms with E-state index in [-0.39, 0.29) is 18.6 Å². The van der Waals surface area contributed by atoms with Crippen LogP contribution in [-0.2, 0) is 19.2 Å². The highest BCUT2D eigenvalue weighted by Crippen LogP contribution is 1.86. The number of rotatable bonds is 5. The molecular formula is C8H14N2O5. The van der Waals surface area contributed by atoms with E-state index >= 15 is 0 Å². The predicted octanol–water partition coefficient (Wildman–Crippen LogP) is -1.21. The van der Waals surface area contributed by atoms with Gasteiger partial charge in [-0.2, -0.15) is 0 Å². The fourth-order valence-corrected chi connectivity index (χ4v) is 0.465. The quantitative estimate of drug-likeness (QED) is 0.496. The number of hydrogen-bond acceptors (Lipinski definition) is 4. The van der Waals surface area contributed by atoms with Crippen molar-refractivity contribution in [2.45, 2.75) is 26.2 Å². The summed E-state index contributed by atoms with van der Waals surface area (Å²) < 4.78 is 0. The molecule has 0 fully saturated rings. The number of carbonyl (C=O) groups is 4. The molecule has 15 heavy (non-hydrogen) atoms. The minimum absolute atomic E-state index is 0.225. The SMILES string of the molecule is CCC(=O)CC(=O)O.NC(=O)CC(N)=O. The van der Waals surface area contributed by atoms with E-state index in [0.29, 0.717) is 6.42 Å². The summed E-state index contributed by atoms with van der Waals surface area (Å²) in [5.41, 5.74) is 9.11. The first-order valence-corrected chi connectivity index (χ1v) is 4.09. The molecule has 0 saturated heterocycles. The van der Waals surface area contributed by atoms with Crippen LogP contribution in [0.25, 0.3) is 0 Å². The third-order valence-corrected chi connectivity index (χ3v) is 1.09. The number of carbonyl (C=O) groups excluding carboxylic acids is 3. The lowest BCUT2D eigenvalue weighted by atomic mass is 10.2. The molecule has 0 aromatic heterocycles. The molecule has 0 aromatic carbocycles. The lowest BCUT2D eigenvalue weighted by Gasteiger charge is -1.86. The molecule has 0 heterocycles. The van der Waals surface area contributed by atoms with Gasteiger partial charge in [-0.1, -0.05) is 6.92 Å². The van der Waals surface area contributed by atoms with Crippen molar-refractivity contribution in [2.75, 3.05) is 0 Å². The Morgan fingerprint density at radius 2 is 1.40 bits per heavy atom. The Morgan fingerprint density at radius 3 is 1.47 bits per heavy atom. The van der Waals surface area contributed by atoms with Gasteiger partial charge in [-0.3, -0.25) is 19.2 Å². The number of carboxylic acids is 1. The number of nitrogens with two attached hydrogens (primary N) is 2. The number of Topliss-reactive ketones (excluding diaryl/α,β-unsaturated/α-hetero) is 1. The normalized spacial score (nSPS) is 8.33. The maximum Gasteiger partial charge on any atom is 0.310 e. The maximum absolute atomic E-state index is 10.2. The second-order valence-electron chi connectivity index (χ2n) is 2.57. The molecular weight excluding hydrogens is 204 g/mol. The molecule has 0 saturated carbocycles. The Bertz CT molecular complexity index is 250. The van der Waals surface area contributed by atoms with Gasteiger partial charge in [-0.15, -0.1) is 0 Å². The van der Waals surface area contributed by atoms with Crippen LogP contribution in [0.1, 0.15) is 26.2 Å². The summed E-state index contributed by atoms with van der Waals surface area (Å²) >= 11 is 0. The summed E-state index contributed by atoms with van der Waals surface area (Å²) in [6.07, 6.45) is -0.386. The van der Waals surface area contributed by atoms with Crippen LogP contribution in [0.5, 0.6) is 0 Å². The summed E-state index contributed by atoms with van der Waals surface area (Å²) in [6.45, 7) is 1.64. The first-order chi connectivity index (χ1) is 6.79. The second kappa shape index (κ2) is 8.67. The van der Waals surface area contributed by atoms with Gasteiger partial charge in [-0.05, 0) is 0 Å². The third-order valence-electron chi connectivity index (χ3n) is 1.09. The smallest absolute Gasteiger partial charge is 0.310 e. The van der Waals surface area contributed by atoms with Crippen molar-refractivity contribution in [1.82, 2.24) is 0 Å². The van der Waals surface area contributed by atoms with Crippen molar-refractivity contribution in [1.29, 1.82) is 0 Å². The van der Waals surface area contributed by atoms with Crippen LogP contribution < -0.4 is 11.5 Å². The Balaban J connectivity index is 0. The van der Waals surface area contributed by atoms with Crippen molar-refractivity contribution in [2.24, 2.45) is 11.5 Å². The van der Waals surface area contributed by atoms with Crippen LogP contribution in [0, 0.1) is 0 Å². The summed E-state index contributed by atoms with van der Waals surface area (Å²) in [6, 6.07) is 0. The third kappa shape index (κ3) is 18.8. The van der Waals surface area contributed by atoms with Crippen LogP contribution in [0.3, 0.4) is 0 Å². The molecule has 0 bridgehead atoms. The maximum atomic E-state index is 10.2. The Hall–Kier alpha value is -1.92. The van der Waals surface area contributed by atoms with Gasteiger partial charge in [0.05, 0.1) is 0 Å². The molecule has 0 rings (SSSR count). The van der Waals surface area contributed by atoms with E-state index < -0.39 is 17.8 Å². The fourth-order valence-electron chi connectivity index (χ4n) is 0.465. The number of carboxylic acid groups (broad SMARTS) is 1. The van der Waals surface area contributed by atoms with Crippen LogP contribution in [-0.4, -0.2) is 28.7 Å². The van der Waals surface area contributed by atoms with E-state index in [1.54, 1.807) is 6.92 Å². The topological polar surface area (TPSA) is 141 Å². The fraction of sp³-hybridized carbons (Fsp3) is 0.500. The summed E-state index contributed by atoms with van der Waals surface area (Å²) in [7, 11) is 0. The monoisotopic (exact) mass is 218 g/mol. The van der Waals surface area contributed by atoms with Gasteiger partial charge in [0.15, 0.2) is 0 Å². The lowest BCUT2D eigenvalue weighted by molar-refractivity contribution is -0.140. The van der Waals surface area contributed by atoms with Crippen molar-refractivity contribution < 1.29 is 24.3 Å². The molecule has 0 spiro atoms. The highest BCUT2D eigenvalue weighted by Gasteiger charge is 2.02.